The number of anilines is 1. The number of aryl methyl sites for hydroxylation is 1. The molecule has 0 unspecified atom stereocenters. The maximum absolute atomic E-state index is 13.2. The maximum Gasteiger partial charge on any atom is 0.143 e. The van der Waals surface area contributed by atoms with Crippen LogP contribution in [0.15, 0.2) is 41.3 Å². The van der Waals surface area contributed by atoms with Gasteiger partial charge in [-0.1, -0.05) is 41.4 Å². The fourth-order valence-corrected chi connectivity index (χ4v) is 2.79. The maximum atomic E-state index is 13.2. The second-order valence-corrected chi connectivity index (χ2v) is 5.51. The van der Waals surface area contributed by atoms with Gasteiger partial charge < -0.3 is 5.73 Å². The summed E-state index contributed by atoms with van der Waals surface area (Å²) < 4.78 is 13.2. The molecule has 0 bridgehead atoms. The minimum absolute atomic E-state index is 0.107. The van der Waals surface area contributed by atoms with Gasteiger partial charge in [0.1, 0.15) is 5.82 Å². The van der Waals surface area contributed by atoms with Gasteiger partial charge in [-0.25, -0.2) is 4.39 Å². The average Bonchev–Trinajstić information content (AvgIpc) is 2.32. The Morgan fingerprint density at radius 3 is 2.78 bits per heavy atom. The van der Waals surface area contributed by atoms with Crippen molar-refractivity contribution in [2.45, 2.75) is 17.6 Å². The number of thioether (sulfide) groups is 1. The molecule has 2 aromatic carbocycles. The lowest BCUT2D eigenvalue weighted by Gasteiger charge is -2.07. The summed E-state index contributed by atoms with van der Waals surface area (Å²) in [6.45, 7) is 2.05. The van der Waals surface area contributed by atoms with Gasteiger partial charge in [-0.3, -0.25) is 0 Å². The van der Waals surface area contributed by atoms with Crippen LogP contribution in [0.4, 0.5) is 10.1 Å². The van der Waals surface area contributed by atoms with Crippen molar-refractivity contribution >= 4 is 29.1 Å². The minimum Gasteiger partial charge on any atom is -0.398 e. The predicted molar refractivity (Wildman–Crippen MR) is 76.6 cm³/mol. The third-order valence-corrected chi connectivity index (χ3v) is 3.96. The van der Waals surface area contributed by atoms with E-state index in [1.54, 1.807) is 17.8 Å². The van der Waals surface area contributed by atoms with Gasteiger partial charge in [-0.2, -0.15) is 0 Å². The van der Waals surface area contributed by atoms with Gasteiger partial charge in [0.05, 0.1) is 5.02 Å². The summed E-state index contributed by atoms with van der Waals surface area (Å²) >= 11 is 7.30. The lowest BCUT2D eigenvalue weighted by molar-refractivity contribution is 0.628. The number of nitrogens with two attached hydrogens (primary N) is 1. The molecule has 0 radical (unpaired) electrons. The quantitative estimate of drug-likeness (QED) is 0.654. The molecule has 0 fully saturated rings. The fraction of sp³-hybridized carbons (Fsp3) is 0.143. The highest BCUT2D eigenvalue weighted by molar-refractivity contribution is 7.98. The van der Waals surface area contributed by atoms with Gasteiger partial charge in [0.15, 0.2) is 0 Å². The highest BCUT2D eigenvalue weighted by atomic mass is 35.5. The molecule has 0 spiro atoms. The first kappa shape index (κ1) is 13.2. The Morgan fingerprint density at radius 2 is 2.06 bits per heavy atom. The molecule has 4 heteroatoms. The molecule has 18 heavy (non-hydrogen) atoms. The van der Waals surface area contributed by atoms with Crippen LogP contribution < -0.4 is 5.73 Å². The fourth-order valence-electron chi connectivity index (χ4n) is 1.63. The van der Waals surface area contributed by atoms with E-state index in [1.807, 2.05) is 6.07 Å². The van der Waals surface area contributed by atoms with Gasteiger partial charge in [-0.05, 0) is 24.6 Å². The highest BCUT2D eigenvalue weighted by Crippen LogP contribution is 2.32. The van der Waals surface area contributed by atoms with E-state index in [0.29, 0.717) is 5.69 Å². The normalized spacial score (nSPS) is 10.6. The molecule has 0 amide bonds. The number of benzene rings is 2. The third kappa shape index (κ3) is 3.18. The molecule has 2 aromatic rings. The summed E-state index contributed by atoms with van der Waals surface area (Å²) in [5, 5.41) is 0.107. The molecule has 0 saturated carbocycles. The van der Waals surface area contributed by atoms with Gasteiger partial charge >= 0.3 is 0 Å². The molecule has 2 rings (SSSR count). The molecule has 0 saturated heterocycles. The average molecular weight is 282 g/mol. The van der Waals surface area contributed by atoms with E-state index >= 15 is 0 Å². The first-order valence-electron chi connectivity index (χ1n) is 5.49. The molecule has 94 valence electrons. The van der Waals surface area contributed by atoms with Crippen molar-refractivity contribution in [1.82, 2.24) is 0 Å². The van der Waals surface area contributed by atoms with Crippen molar-refractivity contribution in [1.29, 1.82) is 0 Å². The molecule has 0 aliphatic carbocycles. The monoisotopic (exact) mass is 281 g/mol. The van der Waals surface area contributed by atoms with Crippen LogP contribution in [0, 0.1) is 12.7 Å². The van der Waals surface area contributed by atoms with Crippen molar-refractivity contribution in [2.75, 3.05) is 5.73 Å². The van der Waals surface area contributed by atoms with Crippen molar-refractivity contribution in [2.24, 2.45) is 0 Å². The van der Waals surface area contributed by atoms with Gasteiger partial charge in [-0.15, -0.1) is 11.8 Å². The standard InChI is InChI=1S/C14H13ClFNS/c1-9-3-2-4-10(5-9)8-18-14-6-11(15)12(16)7-13(14)17/h2-7H,8,17H2,1H3. The van der Waals surface area contributed by atoms with Crippen LogP contribution in [-0.2, 0) is 5.75 Å². The lowest BCUT2D eigenvalue weighted by atomic mass is 10.2. The number of hydrogen-bond acceptors (Lipinski definition) is 2. The summed E-state index contributed by atoms with van der Waals surface area (Å²) in [6.07, 6.45) is 0. The Labute approximate surface area is 115 Å². The lowest BCUT2D eigenvalue weighted by Crippen LogP contribution is -1.91. The van der Waals surface area contributed by atoms with E-state index in [4.69, 9.17) is 17.3 Å². The van der Waals surface area contributed by atoms with Gasteiger partial charge in [0, 0.05) is 16.3 Å². The Bertz CT molecular complexity index is 572. The summed E-state index contributed by atoms with van der Waals surface area (Å²) in [7, 11) is 0. The van der Waals surface area contributed by atoms with E-state index in [9.17, 15) is 4.39 Å². The molecule has 1 nitrogen and oxygen atoms in total. The van der Waals surface area contributed by atoms with Crippen LogP contribution in [0.1, 0.15) is 11.1 Å². The zero-order valence-corrected chi connectivity index (χ0v) is 11.5. The van der Waals surface area contributed by atoms with Crippen molar-refractivity contribution in [3.63, 3.8) is 0 Å². The van der Waals surface area contributed by atoms with Crippen molar-refractivity contribution in [3.8, 4) is 0 Å². The van der Waals surface area contributed by atoms with Crippen molar-refractivity contribution in [3.05, 3.63) is 58.4 Å². The topological polar surface area (TPSA) is 26.0 Å². The van der Waals surface area contributed by atoms with Crippen LogP contribution in [0.3, 0.4) is 0 Å². The first-order chi connectivity index (χ1) is 8.56. The Morgan fingerprint density at radius 1 is 1.28 bits per heavy atom. The largest absolute Gasteiger partial charge is 0.398 e. The van der Waals surface area contributed by atoms with Crippen LogP contribution in [0.25, 0.3) is 0 Å². The molecule has 2 N–H and O–H groups in total. The number of rotatable bonds is 3. The molecule has 0 aromatic heterocycles. The molecular weight excluding hydrogens is 269 g/mol. The SMILES string of the molecule is Cc1cccc(CSc2cc(Cl)c(F)cc2N)c1. The van der Waals surface area contributed by atoms with Crippen LogP contribution in [0.5, 0.6) is 0 Å². The number of halogens is 2. The van der Waals surface area contributed by atoms with Gasteiger partial charge in [0.25, 0.3) is 0 Å². The van der Waals surface area contributed by atoms with Crippen LogP contribution in [0.2, 0.25) is 5.02 Å². The zero-order chi connectivity index (χ0) is 13.1. The molecule has 0 atom stereocenters. The first-order valence-corrected chi connectivity index (χ1v) is 6.85. The van der Waals surface area contributed by atoms with Crippen LogP contribution in [-0.4, -0.2) is 0 Å². The van der Waals surface area contributed by atoms with Crippen molar-refractivity contribution < 1.29 is 4.39 Å². The molecule has 0 aliphatic heterocycles. The smallest absolute Gasteiger partial charge is 0.143 e. The predicted octanol–water partition coefficient (Wildman–Crippen LogP) is 4.66. The Kier molecular flexibility index (Phi) is 4.15. The van der Waals surface area contributed by atoms with E-state index in [2.05, 4.69) is 25.1 Å². The van der Waals surface area contributed by atoms with E-state index in [0.717, 1.165) is 10.6 Å². The molecule has 0 heterocycles. The number of hydrogen-bond donors (Lipinski definition) is 1. The third-order valence-electron chi connectivity index (χ3n) is 2.53. The van der Waals surface area contributed by atoms with E-state index < -0.39 is 5.82 Å². The van der Waals surface area contributed by atoms with Gasteiger partial charge in [0.2, 0.25) is 0 Å². The Hall–Kier alpha value is -1.19. The van der Waals surface area contributed by atoms with E-state index in [-0.39, 0.29) is 5.02 Å². The number of nitrogen functional groups attached to an aromatic ring is 1. The second kappa shape index (κ2) is 5.63. The summed E-state index contributed by atoms with van der Waals surface area (Å²) in [5.74, 6) is 0.308. The minimum atomic E-state index is -0.478. The van der Waals surface area contributed by atoms with Crippen LogP contribution >= 0.6 is 23.4 Å². The Balaban J connectivity index is 2.13. The molecular formula is C14H13ClFNS. The summed E-state index contributed by atoms with van der Waals surface area (Å²) in [4.78, 5) is 0.808. The van der Waals surface area contributed by atoms with E-state index in [1.165, 1.54) is 17.2 Å². The zero-order valence-electron chi connectivity index (χ0n) is 9.91. The molecule has 0 aliphatic rings. The summed E-state index contributed by atoms with van der Waals surface area (Å²) in [6, 6.07) is 11.1. The highest BCUT2D eigenvalue weighted by Gasteiger charge is 2.07. The summed E-state index contributed by atoms with van der Waals surface area (Å²) in [5.41, 5.74) is 8.62. The second-order valence-electron chi connectivity index (χ2n) is 4.08.